The summed E-state index contributed by atoms with van der Waals surface area (Å²) in [5, 5.41) is 0. The van der Waals surface area contributed by atoms with Crippen molar-refractivity contribution in [2.75, 3.05) is 5.88 Å². The molecule has 0 radical (unpaired) electrons. The molecular formula is C26H32ClFO5. The average molecular weight is 479 g/mol. The van der Waals surface area contributed by atoms with Gasteiger partial charge in [0.05, 0.1) is 5.88 Å². The molecular weight excluding hydrogens is 447 g/mol. The smallest absolute Gasteiger partial charge is 0.306 e. The highest BCUT2D eigenvalue weighted by atomic mass is 35.5. The molecule has 0 unspecified atom stereocenters. The first kappa shape index (κ1) is 24.3. The van der Waals surface area contributed by atoms with Gasteiger partial charge >= 0.3 is 5.97 Å². The quantitative estimate of drug-likeness (QED) is 0.422. The second-order valence-electron chi connectivity index (χ2n) is 10.7. The monoisotopic (exact) mass is 478 g/mol. The highest BCUT2D eigenvalue weighted by Gasteiger charge is 2.77. The van der Waals surface area contributed by atoms with Crippen molar-refractivity contribution in [2.45, 2.75) is 77.5 Å². The number of halogens is 2. The summed E-state index contributed by atoms with van der Waals surface area (Å²) < 4.78 is 23.1. The van der Waals surface area contributed by atoms with E-state index >= 15 is 4.39 Å². The summed E-state index contributed by atoms with van der Waals surface area (Å²) in [6.45, 7) is 7.19. The highest BCUT2D eigenvalue weighted by molar-refractivity contribution is 6.29. The third-order valence-electron chi connectivity index (χ3n) is 9.21. The maximum absolute atomic E-state index is 17.1. The van der Waals surface area contributed by atoms with Crippen LogP contribution in [0, 0.1) is 28.6 Å². The molecule has 0 amide bonds. The summed E-state index contributed by atoms with van der Waals surface area (Å²) in [5.74, 6) is -3.45. The topological polar surface area (TPSA) is 77.5 Å². The summed E-state index contributed by atoms with van der Waals surface area (Å²) >= 11 is 6.02. The lowest BCUT2D eigenvalue weighted by molar-refractivity contribution is -0.201. The molecule has 5 nitrogen and oxygen atoms in total. The van der Waals surface area contributed by atoms with Crippen molar-refractivity contribution in [2.24, 2.45) is 28.6 Å². The number of ether oxygens (including phenoxy) is 1. The van der Waals surface area contributed by atoms with E-state index in [0.717, 1.165) is 0 Å². The molecule has 3 saturated carbocycles. The van der Waals surface area contributed by atoms with Crippen molar-refractivity contribution in [3.63, 3.8) is 0 Å². The molecule has 0 aromatic heterocycles. The Hall–Kier alpha value is -1.82. The number of Topliss-reactive ketones (excluding diaryl/α,β-unsaturated/α-hetero) is 2. The van der Waals surface area contributed by atoms with Crippen molar-refractivity contribution in [3.8, 4) is 0 Å². The summed E-state index contributed by atoms with van der Waals surface area (Å²) in [4.78, 5) is 51.7. The molecule has 0 aromatic carbocycles. The molecule has 33 heavy (non-hydrogen) atoms. The van der Waals surface area contributed by atoms with Gasteiger partial charge in [0, 0.05) is 35.5 Å². The van der Waals surface area contributed by atoms with Gasteiger partial charge in [0.1, 0.15) is 0 Å². The average Bonchev–Trinajstić information content (AvgIpc) is 2.97. The lowest BCUT2D eigenvalue weighted by Crippen LogP contribution is -2.68. The van der Waals surface area contributed by atoms with Gasteiger partial charge in [-0.25, -0.2) is 4.39 Å². The molecule has 0 bridgehead atoms. The molecule has 7 atom stereocenters. The van der Waals surface area contributed by atoms with E-state index in [-0.39, 0.29) is 30.4 Å². The van der Waals surface area contributed by atoms with Crippen molar-refractivity contribution in [1.82, 2.24) is 0 Å². The van der Waals surface area contributed by atoms with Gasteiger partial charge in [0.25, 0.3) is 0 Å². The number of esters is 1. The van der Waals surface area contributed by atoms with Gasteiger partial charge in [-0.05, 0) is 50.7 Å². The van der Waals surface area contributed by atoms with E-state index in [1.54, 1.807) is 19.9 Å². The Morgan fingerprint density at radius 1 is 1.24 bits per heavy atom. The summed E-state index contributed by atoms with van der Waals surface area (Å²) in [6.07, 6.45) is 6.21. The van der Waals surface area contributed by atoms with Gasteiger partial charge in [-0.15, -0.1) is 11.6 Å². The second kappa shape index (κ2) is 7.86. The minimum absolute atomic E-state index is 0.153. The van der Waals surface area contributed by atoms with Gasteiger partial charge in [0.15, 0.2) is 28.6 Å². The van der Waals surface area contributed by atoms with Crippen LogP contribution in [-0.2, 0) is 23.9 Å². The Morgan fingerprint density at radius 3 is 2.58 bits per heavy atom. The van der Waals surface area contributed by atoms with E-state index in [9.17, 15) is 19.2 Å². The predicted molar refractivity (Wildman–Crippen MR) is 121 cm³/mol. The fraction of sp³-hybridized carbons (Fsp3) is 0.692. The van der Waals surface area contributed by atoms with Crippen LogP contribution in [-0.4, -0.2) is 40.5 Å². The fourth-order valence-electron chi connectivity index (χ4n) is 7.66. The van der Waals surface area contributed by atoms with Gasteiger partial charge in [0.2, 0.25) is 0 Å². The normalized spacial score (nSPS) is 43.9. The van der Waals surface area contributed by atoms with Crippen LogP contribution in [0.15, 0.2) is 23.8 Å². The van der Waals surface area contributed by atoms with E-state index in [1.807, 2.05) is 13.8 Å². The second-order valence-corrected chi connectivity index (χ2v) is 11.0. The number of rotatable bonds is 5. The number of alkyl halides is 2. The maximum Gasteiger partial charge on any atom is 0.306 e. The molecule has 4 aliphatic carbocycles. The number of hydrogen-bond donors (Lipinski definition) is 0. The number of ketones is 3. The standard InChI is InChI=1S/C26H32ClFO5/c1-5-6-22(32)33-26(21(31)14-27)15(2)11-19-18-8-7-16-12-17(29)9-10-23(16,3)25(18,28)20(30)13-24(19,26)4/h9-10,12,15,18-19H,5-8,11,13-14H2,1-4H3/t15-,18-,19-,23+,24+,25-,26-/m1/s1. The van der Waals surface area contributed by atoms with Crippen molar-refractivity contribution < 1.29 is 28.3 Å². The number of carbonyl (C=O) groups is 4. The van der Waals surface area contributed by atoms with E-state index in [0.29, 0.717) is 31.3 Å². The summed E-state index contributed by atoms with van der Waals surface area (Å²) in [6, 6.07) is 0. The zero-order valence-corrected chi connectivity index (χ0v) is 20.5. The van der Waals surface area contributed by atoms with Gasteiger partial charge in [-0.3, -0.25) is 19.2 Å². The third kappa shape index (κ3) is 2.95. The number of carbonyl (C=O) groups excluding carboxylic acids is 4. The number of hydrogen-bond acceptors (Lipinski definition) is 5. The maximum atomic E-state index is 17.1. The first-order chi connectivity index (χ1) is 15.4. The summed E-state index contributed by atoms with van der Waals surface area (Å²) in [5.41, 5.74) is -5.35. The Kier molecular flexibility index (Phi) is 5.79. The zero-order valence-electron chi connectivity index (χ0n) is 19.7. The molecule has 4 aliphatic rings. The molecule has 0 aromatic rings. The molecule has 0 aliphatic heterocycles. The summed E-state index contributed by atoms with van der Waals surface area (Å²) in [7, 11) is 0. The number of fused-ring (bicyclic) bond motifs is 5. The molecule has 0 spiro atoms. The Bertz CT molecular complexity index is 987. The fourth-order valence-corrected chi connectivity index (χ4v) is 7.86. The predicted octanol–water partition coefficient (Wildman–Crippen LogP) is 4.70. The molecule has 0 saturated heterocycles. The highest BCUT2D eigenvalue weighted by Crippen LogP contribution is 2.70. The first-order valence-electron chi connectivity index (χ1n) is 11.9. The van der Waals surface area contributed by atoms with E-state index in [2.05, 4.69) is 0 Å². The minimum atomic E-state index is -2.19. The van der Waals surface area contributed by atoms with Crippen molar-refractivity contribution in [1.29, 1.82) is 0 Å². The Balaban J connectivity index is 1.84. The van der Waals surface area contributed by atoms with Crippen LogP contribution in [0.2, 0.25) is 0 Å². The third-order valence-corrected chi connectivity index (χ3v) is 9.45. The molecule has 0 heterocycles. The lowest BCUT2D eigenvalue weighted by atomic mass is 9.45. The minimum Gasteiger partial charge on any atom is -0.450 e. The SMILES string of the molecule is CCCC(=O)O[C@@]1(C(=O)CCl)[C@H](C)C[C@@H]2[C@H]3CCC4=CC(=O)C=C[C@]4(C)[C@]3(F)C(=O)C[C@@]21C. The van der Waals surface area contributed by atoms with Crippen LogP contribution in [0.5, 0.6) is 0 Å². The van der Waals surface area contributed by atoms with Crippen LogP contribution >= 0.6 is 11.6 Å². The van der Waals surface area contributed by atoms with Crippen LogP contribution in [0.3, 0.4) is 0 Å². The van der Waals surface area contributed by atoms with Gasteiger partial charge < -0.3 is 4.74 Å². The molecule has 3 fully saturated rings. The van der Waals surface area contributed by atoms with E-state index < -0.39 is 51.5 Å². The van der Waals surface area contributed by atoms with Crippen LogP contribution in [0.25, 0.3) is 0 Å². The van der Waals surface area contributed by atoms with E-state index in [4.69, 9.17) is 16.3 Å². The molecule has 0 N–H and O–H groups in total. The first-order valence-corrected chi connectivity index (χ1v) is 12.4. The van der Waals surface area contributed by atoms with Crippen LogP contribution in [0.1, 0.15) is 66.2 Å². The molecule has 7 heteroatoms. The Labute approximate surface area is 199 Å². The molecule has 180 valence electrons. The van der Waals surface area contributed by atoms with Crippen LogP contribution in [0.4, 0.5) is 4.39 Å². The lowest BCUT2D eigenvalue weighted by Gasteiger charge is -2.59. The van der Waals surface area contributed by atoms with Crippen molar-refractivity contribution in [3.05, 3.63) is 23.8 Å². The van der Waals surface area contributed by atoms with Gasteiger partial charge in [-0.1, -0.05) is 32.4 Å². The number of allylic oxidation sites excluding steroid dienone is 4. The van der Waals surface area contributed by atoms with Crippen LogP contribution < -0.4 is 0 Å². The molecule has 4 rings (SSSR count). The van der Waals surface area contributed by atoms with Gasteiger partial charge in [-0.2, -0.15) is 0 Å². The van der Waals surface area contributed by atoms with Crippen molar-refractivity contribution >= 4 is 34.9 Å². The van der Waals surface area contributed by atoms with E-state index in [1.165, 1.54) is 12.2 Å². The zero-order chi connectivity index (χ0) is 24.4. The Morgan fingerprint density at radius 2 is 1.94 bits per heavy atom. The largest absolute Gasteiger partial charge is 0.450 e.